The van der Waals surface area contributed by atoms with E-state index in [0.29, 0.717) is 5.82 Å². The molecule has 1 aromatic heterocycles. The van der Waals surface area contributed by atoms with Crippen molar-refractivity contribution in [2.75, 3.05) is 18.5 Å². The van der Waals surface area contributed by atoms with Crippen LogP contribution >= 0.6 is 0 Å². The van der Waals surface area contributed by atoms with Crippen LogP contribution < -0.4 is 4.90 Å². The standard InChI is InChI=1S/C12H11N3O2/c1-14-7-11(16)15(12(14)17)10-6-8-4-2-3-5-9(8)13-10/h2-6,13H,7H2,1H3. The molecule has 0 spiro atoms. The van der Waals surface area contributed by atoms with Gasteiger partial charge in [0.15, 0.2) is 0 Å². The predicted octanol–water partition coefficient (Wildman–Crippen LogP) is 1.57. The van der Waals surface area contributed by atoms with E-state index < -0.39 is 0 Å². The molecule has 0 unspecified atom stereocenters. The van der Waals surface area contributed by atoms with Crippen molar-refractivity contribution < 1.29 is 9.59 Å². The third-order valence-corrected chi connectivity index (χ3v) is 2.90. The summed E-state index contributed by atoms with van der Waals surface area (Å²) in [7, 11) is 1.61. The monoisotopic (exact) mass is 229 g/mol. The molecule has 0 aliphatic carbocycles. The Morgan fingerprint density at radius 3 is 2.65 bits per heavy atom. The maximum absolute atomic E-state index is 11.8. The number of nitrogens with one attached hydrogen (secondary N) is 1. The number of carbonyl (C=O) groups excluding carboxylic acids is 2. The van der Waals surface area contributed by atoms with Crippen molar-refractivity contribution in [1.29, 1.82) is 0 Å². The van der Waals surface area contributed by atoms with Gasteiger partial charge in [0.2, 0.25) is 0 Å². The van der Waals surface area contributed by atoms with Gasteiger partial charge >= 0.3 is 6.03 Å². The Morgan fingerprint density at radius 2 is 2.00 bits per heavy atom. The largest absolute Gasteiger partial charge is 0.341 e. The van der Waals surface area contributed by atoms with E-state index in [2.05, 4.69) is 4.98 Å². The molecular formula is C12H11N3O2. The lowest BCUT2D eigenvalue weighted by molar-refractivity contribution is -0.116. The zero-order valence-electron chi connectivity index (χ0n) is 9.30. The van der Waals surface area contributed by atoms with E-state index in [9.17, 15) is 9.59 Å². The Kier molecular flexibility index (Phi) is 1.95. The highest BCUT2D eigenvalue weighted by molar-refractivity contribution is 6.19. The zero-order chi connectivity index (χ0) is 12.0. The van der Waals surface area contributed by atoms with Gasteiger partial charge in [-0.1, -0.05) is 18.2 Å². The lowest BCUT2D eigenvalue weighted by atomic mass is 10.2. The number of anilines is 1. The highest BCUT2D eigenvalue weighted by atomic mass is 16.2. The molecule has 3 amide bonds. The number of imide groups is 1. The summed E-state index contributed by atoms with van der Waals surface area (Å²) in [5, 5.41) is 0.984. The van der Waals surface area contributed by atoms with Crippen molar-refractivity contribution in [3.8, 4) is 0 Å². The molecule has 3 rings (SSSR count). The normalized spacial score (nSPS) is 16.3. The maximum Gasteiger partial charge on any atom is 0.332 e. The minimum atomic E-state index is -0.290. The molecule has 0 saturated carbocycles. The summed E-state index contributed by atoms with van der Waals surface area (Å²) in [5.74, 6) is 0.328. The van der Waals surface area contributed by atoms with Crippen LogP contribution in [0, 0.1) is 0 Å². The number of aromatic nitrogens is 1. The van der Waals surface area contributed by atoms with E-state index in [0.717, 1.165) is 10.9 Å². The van der Waals surface area contributed by atoms with Crippen molar-refractivity contribution in [2.45, 2.75) is 0 Å². The van der Waals surface area contributed by atoms with Gasteiger partial charge in [0.1, 0.15) is 12.4 Å². The summed E-state index contributed by atoms with van der Waals surface area (Å²) in [5.41, 5.74) is 0.914. The van der Waals surface area contributed by atoms with Crippen molar-refractivity contribution in [2.24, 2.45) is 0 Å². The molecular weight excluding hydrogens is 218 g/mol. The first-order valence-electron chi connectivity index (χ1n) is 5.32. The van der Waals surface area contributed by atoms with Crippen molar-refractivity contribution in [1.82, 2.24) is 9.88 Å². The van der Waals surface area contributed by atoms with E-state index in [1.165, 1.54) is 9.80 Å². The molecule has 0 radical (unpaired) electrons. The number of amides is 3. The number of aromatic amines is 1. The minimum absolute atomic E-state index is 0.133. The number of urea groups is 1. The van der Waals surface area contributed by atoms with Gasteiger partial charge in [-0.3, -0.25) is 4.79 Å². The van der Waals surface area contributed by atoms with Crippen molar-refractivity contribution in [3.05, 3.63) is 30.3 Å². The number of carbonyl (C=O) groups is 2. The first-order chi connectivity index (χ1) is 8.16. The second-order valence-corrected chi connectivity index (χ2v) is 4.11. The first-order valence-corrected chi connectivity index (χ1v) is 5.32. The molecule has 2 heterocycles. The summed E-state index contributed by atoms with van der Waals surface area (Å²) in [6.45, 7) is 0.133. The SMILES string of the molecule is CN1CC(=O)N(c2cc3ccccc3[nH]2)C1=O. The van der Waals surface area contributed by atoms with Gasteiger partial charge in [-0.2, -0.15) is 0 Å². The number of hydrogen-bond donors (Lipinski definition) is 1. The first kappa shape index (κ1) is 9.89. The lowest BCUT2D eigenvalue weighted by Gasteiger charge is -2.11. The average Bonchev–Trinajstić information content (AvgIpc) is 2.81. The fraction of sp³-hybridized carbons (Fsp3) is 0.167. The number of likely N-dealkylation sites (N-methyl/N-ethyl adjacent to an activating group) is 1. The van der Waals surface area contributed by atoms with Gasteiger partial charge in [-0.05, 0) is 12.1 Å². The second kappa shape index (κ2) is 3.35. The van der Waals surface area contributed by atoms with Crippen molar-refractivity contribution >= 4 is 28.7 Å². The molecule has 1 aromatic carbocycles. The fourth-order valence-electron chi connectivity index (χ4n) is 2.03. The Hall–Kier alpha value is -2.30. The van der Waals surface area contributed by atoms with Gasteiger partial charge in [0, 0.05) is 18.0 Å². The summed E-state index contributed by atoms with van der Waals surface area (Å²) < 4.78 is 0. The summed E-state index contributed by atoms with van der Waals surface area (Å²) >= 11 is 0. The maximum atomic E-state index is 11.8. The molecule has 1 aliphatic rings. The Bertz CT molecular complexity index is 584. The smallest absolute Gasteiger partial charge is 0.332 e. The number of fused-ring (bicyclic) bond motifs is 1. The number of H-pyrrole nitrogens is 1. The molecule has 86 valence electrons. The van der Waals surface area contributed by atoms with E-state index >= 15 is 0 Å². The highest BCUT2D eigenvalue weighted by Gasteiger charge is 2.35. The Balaban J connectivity index is 2.09. The molecule has 2 aromatic rings. The van der Waals surface area contributed by atoms with E-state index in [4.69, 9.17) is 0 Å². The quantitative estimate of drug-likeness (QED) is 0.754. The minimum Gasteiger partial charge on any atom is -0.341 e. The molecule has 5 nitrogen and oxygen atoms in total. The van der Waals surface area contributed by atoms with Gasteiger partial charge in [0.25, 0.3) is 5.91 Å². The van der Waals surface area contributed by atoms with Crippen LogP contribution in [-0.4, -0.2) is 35.4 Å². The fourth-order valence-corrected chi connectivity index (χ4v) is 2.03. The van der Waals surface area contributed by atoms with E-state index in [1.807, 2.05) is 30.3 Å². The molecule has 5 heteroatoms. The Morgan fingerprint density at radius 1 is 1.24 bits per heavy atom. The molecule has 1 fully saturated rings. The molecule has 1 aliphatic heterocycles. The average molecular weight is 229 g/mol. The number of nitrogens with zero attached hydrogens (tertiary/aromatic N) is 2. The third-order valence-electron chi connectivity index (χ3n) is 2.90. The third kappa shape index (κ3) is 1.39. The summed E-state index contributed by atoms with van der Waals surface area (Å²) in [6.07, 6.45) is 0. The molecule has 1 saturated heterocycles. The lowest BCUT2D eigenvalue weighted by Crippen LogP contribution is -2.31. The highest BCUT2D eigenvalue weighted by Crippen LogP contribution is 2.24. The van der Waals surface area contributed by atoms with Crippen LogP contribution in [-0.2, 0) is 4.79 Å². The number of rotatable bonds is 1. The van der Waals surface area contributed by atoms with Crippen LogP contribution in [0.3, 0.4) is 0 Å². The van der Waals surface area contributed by atoms with E-state index in [1.54, 1.807) is 7.05 Å². The molecule has 0 bridgehead atoms. The summed E-state index contributed by atoms with van der Waals surface area (Å²) in [6, 6.07) is 9.19. The van der Waals surface area contributed by atoms with Gasteiger partial charge < -0.3 is 9.88 Å². The topological polar surface area (TPSA) is 56.4 Å². The van der Waals surface area contributed by atoms with Crippen LogP contribution in [0.2, 0.25) is 0 Å². The van der Waals surface area contributed by atoms with Crippen LogP contribution in [0.5, 0.6) is 0 Å². The number of benzene rings is 1. The predicted molar refractivity (Wildman–Crippen MR) is 63.8 cm³/mol. The van der Waals surface area contributed by atoms with Crippen LogP contribution in [0.1, 0.15) is 0 Å². The zero-order valence-corrected chi connectivity index (χ0v) is 9.30. The van der Waals surface area contributed by atoms with Crippen LogP contribution in [0.25, 0.3) is 10.9 Å². The van der Waals surface area contributed by atoms with Crippen LogP contribution in [0.15, 0.2) is 30.3 Å². The van der Waals surface area contributed by atoms with E-state index in [-0.39, 0.29) is 18.5 Å². The van der Waals surface area contributed by atoms with Gasteiger partial charge in [-0.25, -0.2) is 9.69 Å². The van der Waals surface area contributed by atoms with Gasteiger partial charge in [-0.15, -0.1) is 0 Å². The van der Waals surface area contributed by atoms with Gasteiger partial charge in [0.05, 0.1) is 0 Å². The van der Waals surface area contributed by atoms with Crippen molar-refractivity contribution in [3.63, 3.8) is 0 Å². The molecule has 1 N–H and O–H groups in total. The Labute approximate surface area is 97.6 Å². The summed E-state index contributed by atoms with van der Waals surface area (Å²) in [4.78, 5) is 29.2. The molecule has 17 heavy (non-hydrogen) atoms. The number of hydrogen-bond acceptors (Lipinski definition) is 2. The number of para-hydroxylation sites is 1. The molecule has 0 atom stereocenters. The van der Waals surface area contributed by atoms with Crippen LogP contribution in [0.4, 0.5) is 10.6 Å². The second-order valence-electron chi connectivity index (χ2n) is 4.11.